The maximum absolute atomic E-state index is 10.8. The third kappa shape index (κ3) is 6.68. The zero-order valence-electron chi connectivity index (χ0n) is 13.8. The summed E-state index contributed by atoms with van der Waals surface area (Å²) < 4.78 is 0. The first kappa shape index (κ1) is 17.8. The van der Waals surface area contributed by atoms with E-state index in [0.29, 0.717) is 6.54 Å². The number of nitrogens with one attached hydrogen (secondary N) is 1. The summed E-state index contributed by atoms with van der Waals surface area (Å²) in [6.07, 6.45) is 4.73. The monoisotopic (exact) mass is 321 g/mol. The molecule has 0 spiro atoms. The van der Waals surface area contributed by atoms with Gasteiger partial charge in [0.15, 0.2) is 0 Å². The Kier molecular flexibility index (Phi) is 7.59. The molecule has 0 heterocycles. The molecular weight excluding hydrogens is 298 g/mol. The van der Waals surface area contributed by atoms with E-state index in [1.807, 2.05) is 0 Å². The molecule has 2 N–H and O–H groups in total. The van der Waals surface area contributed by atoms with Gasteiger partial charge in [0.2, 0.25) is 0 Å². The van der Waals surface area contributed by atoms with Crippen molar-refractivity contribution in [2.24, 2.45) is 0 Å². The first-order chi connectivity index (χ1) is 11.8. The molecule has 0 amide bonds. The molecule has 0 bridgehead atoms. The van der Waals surface area contributed by atoms with Gasteiger partial charge in [0, 0.05) is 5.56 Å². The standard InChI is InChI=1S/C21H23NO2/c23-21(24)20-14-12-19(13-15-20)11-7-17-22-16-6-2-5-10-18-8-3-1-4-9-18/h1,3-4,8-9,12-15,22H,2,5-6,10,16-17H2,(H,23,24). The Bertz CT molecular complexity index is 681. The molecule has 3 heteroatoms. The lowest BCUT2D eigenvalue weighted by atomic mass is 10.1. The minimum atomic E-state index is -0.913. The van der Waals surface area contributed by atoms with Crippen molar-refractivity contribution in [1.29, 1.82) is 0 Å². The van der Waals surface area contributed by atoms with Crippen LogP contribution in [0, 0.1) is 11.8 Å². The van der Waals surface area contributed by atoms with Gasteiger partial charge < -0.3 is 10.4 Å². The van der Waals surface area contributed by atoms with Crippen LogP contribution in [0.1, 0.15) is 40.7 Å². The highest BCUT2D eigenvalue weighted by Crippen LogP contribution is 2.05. The van der Waals surface area contributed by atoms with Crippen molar-refractivity contribution in [3.05, 3.63) is 71.3 Å². The van der Waals surface area contributed by atoms with Gasteiger partial charge in [-0.1, -0.05) is 48.6 Å². The smallest absolute Gasteiger partial charge is 0.335 e. The number of hydrogen-bond donors (Lipinski definition) is 2. The zero-order valence-corrected chi connectivity index (χ0v) is 13.8. The molecule has 124 valence electrons. The topological polar surface area (TPSA) is 49.3 Å². The Balaban J connectivity index is 1.54. The number of benzene rings is 2. The van der Waals surface area contributed by atoms with Gasteiger partial charge in [0.25, 0.3) is 0 Å². The van der Waals surface area contributed by atoms with Crippen molar-refractivity contribution < 1.29 is 9.90 Å². The maximum atomic E-state index is 10.8. The van der Waals surface area contributed by atoms with Crippen molar-refractivity contribution in [2.45, 2.75) is 25.7 Å². The van der Waals surface area contributed by atoms with Crippen LogP contribution >= 0.6 is 0 Å². The minimum absolute atomic E-state index is 0.286. The molecule has 0 atom stereocenters. The van der Waals surface area contributed by atoms with Crippen LogP contribution in [-0.2, 0) is 6.42 Å². The molecule has 24 heavy (non-hydrogen) atoms. The highest BCUT2D eigenvalue weighted by molar-refractivity contribution is 5.87. The summed E-state index contributed by atoms with van der Waals surface area (Å²) >= 11 is 0. The van der Waals surface area contributed by atoms with Gasteiger partial charge in [-0.3, -0.25) is 0 Å². The van der Waals surface area contributed by atoms with Crippen LogP contribution in [0.2, 0.25) is 0 Å². The van der Waals surface area contributed by atoms with E-state index in [1.54, 1.807) is 24.3 Å². The molecule has 2 aromatic carbocycles. The molecule has 3 nitrogen and oxygen atoms in total. The molecule has 0 aromatic heterocycles. The van der Waals surface area contributed by atoms with Gasteiger partial charge in [-0.05, 0) is 55.6 Å². The lowest BCUT2D eigenvalue weighted by Crippen LogP contribution is -2.15. The quantitative estimate of drug-likeness (QED) is 0.575. The molecule has 0 radical (unpaired) electrons. The van der Waals surface area contributed by atoms with E-state index >= 15 is 0 Å². The summed E-state index contributed by atoms with van der Waals surface area (Å²) in [6, 6.07) is 17.2. The van der Waals surface area contributed by atoms with E-state index in [2.05, 4.69) is 47.5 Å². The van der Waals surface area contributed by atoms with Gasteiger partial charge in [0.1, 0.15) is 0 Å². The Morgan fingerprint density at radius 1 is 0.958 bits per heavy atom. The maximum Gasteiger partial charge on any atom is 0.335 e. The summed E-state index contributed by atoms with van der Waals surface area (Å²) in [5.74, 6) is 5.17. The lowest BCUT2D eigenvalue weighted by molar-refractivity contribution is 0.0697. The SMILES string of the molecule is O=C(O)c1ccc(C#CCNCCCCCc2ccccc2)cc1. The van der Waals surface area contributed by atoms with E-state index < -0.39 is 5.97 Å². The number of rotatable bonds is 8. The Morgan fingerprint density at radius 2 is 1.71 bits per heavy atom. The van der Waals surface area contributed by atoms with Crippen molar-refractivity contribution in [3.63, 3.8) is 0 Å². The van der Waals surface area contributed by atoms with E-state index in [-0.39, 0.29) is 5.56 Å². The molecule has 0 aliphatic heterocycles. The molecule has 0 saturated carbocycles. The fourth-order valence-electron chi connectivity index (χ4n) is 2.39. The molecule has 0 aliphatic carbocycles. The van der Waals surface area contributed by atoms with Crippen LogP contribution in [0.5, 0.6) is 0 Å². The number of hydrogen-bond acceptors (Lipinski definition) is 2. The van der Waals surface area contributed by atoms with Crippen molar-refractivity contribution in [3.8, 4) is 11.8 Å². The van der Waals surface area contributed by atoms with Gasteiger partial charge in [-0.2, -0.15) is 0 Å². The fraction of sp³-hybridized carbons (Fsp3) is 0.286. The highest BCUT2D eigenvalue weighted by Gasteiger charge is 1.99. The molecule has 2 aromatic rings. The fourth-order valence-corrected chi connectivity index (χ4v) is 2.39. The minimum Gasteiger partial charge on any atom is -0.478 e. The largest absolute Gasteiger partial charge is 0.478 e. The van der Waals surface area contributed by atoms with Gasteiger partial charge in [-0.15, -0.1) is 0 Å². The molecule has 0 aliphatic rings. The Labute approximate surface area is 143 Å². The molecule has 0 fully saturated rings. The first-order valence-corrected chi connectivity index (χ1v) is 8.32. The van der Waals surface area contributed by atoms with Crippen LogP contribution < -0.4 is 5.32 Å². The van der Waals surface area contributed by atoms with Gasteiger partial charge >= 0.3 is 5.97 Å². The van der Waals surface area contributed by atoms with E-state index in [9.17, 15) is 4.79 Å². The van der Waals surface area contributed by atoms with Crippen molar-refractivity contribution in [2.75, 3.05) is 13.1 Å². The number of aromatic carboxylic acids is 1. The van der Waals surface area contributed by atoms with E-state index in [1.165, 1.54) is 18.4 Å². The van der Waals surface area contributed by atoms with Gasteiger partial charge in [-0.25, -0.2) is 4.79 Å². The molecular formula is C21H23NO2. The summed E-state index contributed by atoms with van der Waals surface area (Å²) in [4.78, 5) is 10.8. The van der Waals surface area contributed by atoms with Crippen LogP contribution in [-0.4, -0.2) is 24.2 Å². The number of carboxylic acid groups (broad SMARTS) is 1. The van der Waals surface area contributed by atoms with Crippen LogP contribution in [0.4, 0.5) is 0 Å². The summed E-state index contributed by atoms with van der Waals surface area (Å²) in [7, 11) is 0. The van der Waals surface area contributed by atoms with E-state index in [0.717, 1.165) is 24.9 Å². The van der Waals surface area contributed by atoms with E-state index in [4.69, 9.17) is 5.11 Å². The van der Waals surface area contributed by atoms with Gasteiger partial charge in [0.05, 0.1) is 12.1 Å². The number of unbranched alkanes of at least 4 members (excludes halogenated alkanes) is 2. The van der Waals surface area contributed by atoms with Crippen LogP contribution in [0.3, 0.4) is 0 Å². The molecule has 0 saturated heterocycles. The Hall–Kier alpha value is -2.57. The first-order valence-electron chi connectivity index (χ1n) is 8.32. The summed E-state index contributed by atoms with van der Waals surface area (Å²) in [5.41, 5.74) is 2.53. The second-order valence-corrected chi connectivity index (χ2v) is 5.66. The normalized spacial score (nSPS) is 10.0. The molecule has 2 rings (SSSR count). The second kappa shape index (κ2) is 10.3. The molecule has 0 unspecified atom stereocenters. The third-order valence-electron chi connectivity index (χ3n) is 3.74. The van der Waals surface area contributed by atoms with Crippen molar-refractivity contribution in [1.82, 2.24) is 5.32 Å². The predicted octanol–water partition coefficient (Wildman–Crippen LogP) is 3.74. The lowest BCUT2D eigenvalue weighted by Gasteiger charge is -2.02. The number of carbonyl (C=O) groups is 1. The summed E-state index contributed by atoms with van der Waals surface area (Å²) in [6.45, 7) is 1.63. The third-order valence-corrected chi connectivity index (χ3v) is 3.74. The summed E-state index contributed by atoms with van der Waals surface area (Å²) in [5, 5.41) is 12.1. The van der Waals surface area contributed by atoms with Crippen LogP contribution in [0.25, 0.3) is 0 Å². The Morgan fingerprint density at radius 3 is 2.42 bits per heavy atom. The van der Waals surface area contributed by atoms with Crippen LogP contribution in [0.15, 0.2) is 54.6 Å². The second-order valence-electron chi connectivity index (χ2n) is 5.66. The zero-order chi connectivity index (χ0) is 17.0. The van der Waals surface area contributed by atoms with Crippen molar-refractivity contribution >= 4 is 5.97 Å². The predicted molar refractivity (Wildman–Crippen MR) is 97.1 cm³/mol. The number of carboxylic acids is 1. The number of aryl methyl sites for hydroxylation is 1. The average molecular weight is 321 g/mol. The highest BCUT2D eigenvalue weighted by atomic mass is 16.4. The average Bonchev–Trinajstić information content (AvgIpc) is 2.61.